The number of ether oxygens (including phenoxy) is 1. The summed E-state index contributed by atoms with van der Waals surface area (Å²) in [5, 5.41) is 3.74. The third-order valence-corrected chi connectivity index (χ3v) is 6.47. The quantitative estimate of drug-likeness (QED) is 0.914. The summed E-state index contributed by atoms with van der Waals surface area (Å²) < 4.78 is 5.41. The van der Waals surface area contributed by atoms with Crippen LogP contribution in [0.1, 0.15) is 29.6 Å². The lowest BCUT2D eigenvalue weighted by atomic mass is 9.80. The molecule has 3 unspecified atom stereocenters. The SMILES string of the molecule is COc1ccccc1-c1cnc(C(=O)N[C@H]2CN3CCC2CC3C)s1. The van der Waals surface area contributed by atoms with Crippen LogP contribution < -0.4 is 10.1 Å². The zero-order chi connectivity index (χ0) is 17.4. The van der Waals surface area contributed by atoms with E-state index in [1.54, 1.807) is 13.3 Å². The van der Waals surface area contributed by atoms with Gasteiger partial charge < -0.3 is 10.1 Å². The smallest absolute Gasteiger partial charge is 0.280 e. The predicted molar refractivity (Wildman–Crippen MR) is 99.1 cm³/mol. The molecule has 0 radical (unpaired) electrons. The molecular formula is C19H23N3O2S. The van der Waals surface area contributed by atoms with Gasteiger partial charge in [0.05, 0.1) is 12.0 Å². The molecule has 2 aromatic rings. The van der Waals surface area contributed by atoms with E-state index in [0.29, 0.717) is 17.0 Å². The normalized spacial score (nSPS) is 27.9. The molecule has 3 aliphatic heterocycles. The van der Waals surface area contributed by atoms with Crippen molar-refractivity contribution in [1.82, 2.24) is 15.2 Å². The maximum atomic E-state index is 12.7. The van der Waals surface area contributed by atoms with Crippen molar-refractivity contribution in [2.24, 2.45) is 5.92 Å². The molecule has 5 rings (SSSR count). The number of para-hydroxylation sites is 1. The van der Waals surface area contributed by atoms with Crippen molar-refractivity contribution >= 4 is 17.2 Å². The van der Waals surface area contributed by atoms with E-state index in [-0.39, 0.29) is 11.9 Å². The number of aromatic nitrogens is 1. The van der Waals surface area contributed by atoms with Crippen LogP contribution in [0.4, 0.5) is 0 Å². The molecule has 3 saturated heterocycles. The van der Waals surface area contributed by atoms with Crippen molar-refractivity contribution in [3.8, 4) is 16.2 Å². The van der Waals surface area contributed by atoms with E-state index in [0.717, 1.165) is 29.3 Å². The second kappa shape index (κ2) is 6.77. The fraction of sp³-hybridized carbons (Fsp3) is 0.474. The van der Waals surface area contributed by atoms with Gasteiger partial charge in [-0.3, -0.25) is 9.69 Å². The van der Waals surface area contributed by atoms with Crippen molar-refractivity contribution in [3.05, 3.63) is 35.5 Å². The number of fused-ring (bicyclic) bond motifs is 3. The molecule has 132 valence electrons. The van der Waals surface area contributed by atoms with Gasteiger partial charge in [0, 0.05) is 30.4 Å². The Labute approximate surface area is 152 Å². The Morgan fingerprint density at radius 1 is 1.40 bits per heavy atom. The minimum Gasteiger partial charge on any atom is -0.496 e. The topological polar surface area (TPSA) is 54.5 Å². The number of rotatable bonds is 4. The highest BCUT2D eigenvalue weighted by molar-refractivity contribution is 7.17. The highest BCUT2D eigenvalue weighted by Crippen LogP contribution is 2.34. The van der Waals surface area contributed by atoms with Gasteiger partial charge in [0.2, 0.25) is 0 Å². The summed E-state index contributed by atoms with van der Waals surface area (Å²) in [4.78, 5) is 20.4. The summed E-state index contributed by atoms with van der Waals surface area (Å²) in [7, 11) is 1.65. The molecule has 0 aliphatic carbocycles. The predicted octanol–water partition coefficient (Wildman–Crippen LogP) is 3.03. The van der Waals surface area contributed by atoms with Crippen molar-refractivity contribution < 1.29 is 9.53 Å². The molecule has 2 bridgehead atoms. The van der Waals surface area contributed by atoms with Gasteiger partial charge in [0.25, 0.3) is 5.91 Å². The third-order valence-electron chi connectivity index (χ3n) is 5.44. The molecule has 25 heavy (non-hydrogen) atoms. The fourth-order valence-corrected chi connectivity index (χ4v) is 4.89. The molecule has 5 nitrogen and oxygen atoms in total. The summed E-state index contributed by atoms with van der Waals surface area (Å²) in [5.41, 5.74) is 0.971. The van der Waals surface area contributed by atoms with E-state index in [2.05, 4.69) is 22.1 Å². The van der Waals surface area contributed by atoms with Gasteiger partial charge >= 0.3 is 0 Å². The average Bonchev–Trinajstić information content (AvgIpc) is 3.13. The minimum absolute atomic E-state index is 0.0578. The Balaban J connectivity index is 1.48. The number of methoxy groups -OCH3 is 1. The lowest BCUT2D eigenvalue weighted by molar-refractivity contribution is 0.0274. The number of piperidine rings is 3. The summed E-state index contributed by atoms with van der Waals surface area (Å²) in [6.07, 6.45) is 4.12. The van der Waals surface area contributed by atoms with Gasteiger partial charge in [-0.2, -0.15) is 0 Å². The second-order valence-electron chi connectivity index (χ2n) is 6.94. The van der Waals surface area contributed by atoms with E-state index in [9.17, 15) is 4.79 Å². The van der Waals surface area contributed by atoms with Crippen LogP contribution in [0.5, 0.6) is 5.75 Å². The van der Waals surface area contributed by atoms with Crippen molar-refractivity contribution in [1.29, 1.82) is 0 Å². The lowest BCUT2D eigenvalue weighted by Crippen LogP contribution is -2.60. The van der Waals surface area contributed by atoms with Crippen LogP contribution in [0.25, 0.3) is 10.4 Å². The number of benzene rings is 1. The van der Waals surface area contributed by atoms with Crippen molar-refractivity contribution in [2.45, 2.75) is 31.8 Å². The first-order valence-electron chi connectivity index (χ1n) is 8.80. The summed E-state index contributed by atoms with van der Waals surface area (Å²) in [5.74, 6) is 1.33. The Bertz CT molecular complexity index is 776. The fourth-order valence-electron chi connectivity index (χ4n) is 4.04. The van der Waals surface area contributed by atoms with Crippen LogP contribution in [0.2, 0.25) is 0 Å². The first-order chi connectivity index (χ1) is 12.2. The van der Waals surface area contributed by atoms with Crippen molar-refractivity contribution in [3.63, 3.8) is 0 Å². The summed E-state index contributed by atoms with van der Waals surface area (Å²) in [6, 6.07) is 8.70. The number of amides is 1. The Morgan fingerprint density at radius 3 is 2.96 bits per heavy atom. The number of nitrogens with zero attached hydrogens (tertiary/aromatic N) is 2. The molecule has 1 N–H and O–H groups in total. The zero-order valence-electron chi connectivity index (χ0n) is 14.6. The lowest BCUT2D eigenvalue weighted by Gasteiger charge is -2.48. The highest BCUT2D eigenvalue weighted by Gasteiger charge is 2.39. The molecule has 1 amide bonds. The van der Waals surface area contributed by atoms with Gasteiger partial charge in [-0.15, -0.1) is 11.3 Å². The molecule has 4 atom stereocenters. The van der Waals surface area contributed by atoms with E-state index < -0.39 is 0 Å². The number of thiazole rings is 1. The van der Waals surface area contributed by atoms with Gasteiger partial charge in [-0.1, -0.05) is 12.1 Å². The van der Waals surface area contributed by atoms with Crippen LogP contribution in [0.15, 0.2) is 30.5 Å². The molecular weight excluding hydrogens is 334 g/mol. The van der Waals surface area contributed by atoms with Gasteiger partial charge in [-0.05, 0) is 44.4 Å². The summed E-state index contributed by atoms with van der Waals surface area (Å²) in [6.45, 7) is 4.40. The van der Waals surface area contributed by atoms with Gasteiger partial charge in [0.15, 0.2) is 5.01 Å². The van der Waals surface area contributed by atoms with E-state index in [1.807, 2.05) is 24.3 Å². The molecule has 0 saturated carbocycles. The van der Waals surface area contributed by atoms with E-state index >= 15 is 0 Å². The standard InChI is InChI=1S/C19H23N3O2S/c1-12-9-13-7-8-22(12)11-15(13)21-18(23)19-20-10-17(25-19)14-5-3-4-6-16(14)24-2/h3-6,10,12-13,15H,7-9,11H2,1-2H3,(H,21,23)/t12?,13?,15-/m0/s1. The number of carbonyl (C=O) groups excluding carboxylic acids is 1. The molecule has 0 spiro atoms. The Hall–Kier alpha value is -1.92. The van der Waals surface area contributed by atoms with Crippen LogP contribution in [0, 0.1) is 5.92 Å². The number of carbonyl (C=O) groups is 1. The van der Waals surface area contributed by atoms with Crippen molar-refractivity contribution in [2.75, 3.05) is 20.2 Å². The van der Waals surface area contributed by atoms with Crippen LogP contribution in [0.3, 0.4) is 0 Å². The maximum Gasteiger partial charge on any atom is 0.280 e. The maximum absolute atomic E-state index is 12.7. The monoisotopic (exact) mass is 357 g/mol. The van der Waals surface area contributed by atoms with E-state index in [4.69, 9.17) is 4.74 Å². The Kier molecular flexibility index (Phi) is 4.48. The highest BCUT2D eigenvalue weighted by atomic mass is 32.1. The van der Waals surface area contributed by atoms with Crippen LogP contribution in [-0.4, -0.2) is 48.1 Å². The van der Waals surface area contributed by atoms with Gasteiger partial charge in [0.1, 0.15) is 5.75 Å². The first kappa shape index (κ1) is 16.5. The minimum atomic E-state index is -0.0578. The molecule has 4 heterocycles. The molecule has 1 aromatic carbocycles. The molecule has 1 aromatic heterocycles. The van der Waals surface area contributed by atoms with E-state index in [1.165, 1.54) is 24.2 Å². The first-order valence-corrected chi connectivity index (χ1v) is 9.61. The average molecular weight is 357 g/mol. The van der Waals surface area contributed by atoms with Crippen LogP contribution in [-0.2, 0) is 0 Å². The van der Waals surface area contributed by atoms with Crippen LogP contribution >= 0.6 is 11.3 Å². The Morgan fingerprint density at radius 2 is 2.24 bits per heavy atom. The zero-order valence-corrected chi connectivity index (χ0v) is 15.4. The largest absolute Gasteiger partial charge is 0.496 e. The third kappa shape index (κ3) is 3.16. The second-order valence-corrected chi connectivity index (χ2v) is 7.97. The van der Waals surface area contributed by atoms with Gasteiger partial charge in [-0.25, -0.2) is 4.98 Å². The number of hydrogen-bond donors (Lipinski definition) is 1. The number of nitrogens with one attached hydrogen (secondary N) is 1. The number of hydrogen-bond acceptors (Lipinski definition) is 5. The molecule has 3 aliphatic rings. The summed E-state index contributed by atoms with van der Waals surface area (Å²) >= 11 is 1.42. The molecule has 3 fully saturated rings. The molecule has 6 heteroatoms.